The van der Waals surface area contributed by atoms with Crippen LogP contribution in [0.25, 0.3) is 0 Å². The van der Waals surface area contributed by atoms with Gasteiger partial charge in [0.05, 0.1) is 26.8 Å². The Morgan fingerprint density at radius 2 is 1.94 bits per heavy atom. The van der Waals surface area contributed by atoms with Crippen molar-refractivity contribution in [1.29, 1.82) is 0 Å². The van der Waals surface area contributed by atoms with Gasteiger partial charge in [-0.15, -0.1) is 0 Å². The minimum absolute atomic E-state index is 0.362. The summed E-state index contributed by atoms with van der Waals surface area (Å²) in [6.45, 7) is 0. The molecule has 1 heterocycles. The van der Waals surface area contributed by atoms with E-state index in [1.165, 1.54) is 0 Å². The Bertz CT molecular complexity index is 512. The van der Waals surface area contributed by atoms with Crippen LogP contribution in [0, 0.1) is 0 Å². The van der Waals surface area contributed by atoms with E-state index in [1.807, 2.05) is 6.07 Å². The molecule has 16 heavy (non-hydrogen) atoms. The zero-order valence-electron chi connectivity index (χ0n) is 8.08. The average molecular weight is 321 g/mol. The van der Waals surface area contributed by atoms with Gasteiger partial charge in [-0.3, -0.25) is 0 Å². The first-order valence-electron chi connectivity index (χ1n) is 4.53. The van der Waals surface area contributed by atoms with E-state index < -0.39 is 0 Å². The van der Waals surface area contributed by atoms with Crippen LogP contribution in [0.4, 0.5) is 0 Å². The van der Waals surface area contributed by atoms with Gasteiger partial charge in [-0.1, -0.05) is 29.3 Å². The maximum Gasteiger partial charge on any atom is 0.139 e. The third kappa shape index (κ3) is 2.28. The highest BCUT2D eigenvalue weighted by molar-refractivity contribution is 9.10. The van der Waals surface area contributed by atoms with Crippen LogP contribution in [0.3, 0.4) is 0 Å². The summed E-state index contributed by atoms with van der Waals surface area (Å²) in [5, 5.41) is 0.994. The number of hydrogen-bond acceptors (Lipinski definition) is 2. The third-order valence-electron chi connectivity index (χ3n) is 2.23. The number of hydrogen-bond donors (Lipinski definition) is 1. The van der Waals surface area contributed by atoms with E-state index in [4.69, 9.17) is 33.4 Å². The molecule has 0 bridgehead atoms. The molecule has 1 atom stereocenters. The van der Waals surface area contributed by atoms with E-state index in [0.717, 1.165) is 10.0 Å². The van der Waals surface area contributed by atoms with Gasteiger partial charge in [-0.25, -0.2) is 0 Å². The van der Waals surface area contributed by atoms with Crippen molar-refractivity contribution in [3.8, 4) is 0 Å². The first-order chi connectivity index (χ1) is 7.59. The molecule has 84 valence electrons. The predicted octanol–water partition coefficient (Wildman–Crippen LogP) is 4.40. The van der Waals surface area contributed by atoms with E-state index >= 15 is 0 Å². The Kier molecular flexibility index (Phi) is 3.60. The van der Waals surface area contributed by atoms with Crippen molar-refractivity contribution >= 4 is 39.1 Å². The topological polar surface area (TPSA) is 39.2 Å². The van der Waals surface area contributed by atoms with Crippen molar-refractivity contribution < 1.29 is 4.42 Å². The lowest BCUT2D eigenvalue weighted by molar-refractivity contribution is 0.487. The van der Waals surface area contributed by atoms with Crippen molar-refractivity contribution in [2.75, 3.05) is 0 Å². The quantitative estimate of drug-likeness (QED) is 0.891. The molecular weight excluding hydrogens is 313 g/mol. The average Bonchev–Trinajstić information content (AvgIpc) is 2.67. The molecular formula is C11H8BrCl2NO. The molecule has 0 saturated heterocycles. The van der Waals surface area contributed by atoms with Crippen LogP contribution in [-0.4, -0.2) is 0 Å². The fourth-order valence-corrected chi connectivity index (χ4v) is 2.14. The zero-order chi connectivity index (χ0) is 11.7. The molecule has 0 amide bonds. The molecule has 0 spiro atoms. The molecule has 0 saturated carbocycles. The number of halogens is 3. The first-order valence-corrected chi connectivity index (χ1v) is 6.08. The molecule has 0 aliphatic carbocycles. The van der Waals surface area contributed by atoms with Crippen molar-refractivity contribution in [2.24, 2.45) is 5.73 Å². The lowest BCUT2D eigenvalue weighted by Gasteiger charge is -2.10. The smallest absolute Gasteiger partial charge is 0.139 e. The van der Waals surface area contributed by atoms with E-state index in [0.29, 0.717) is 15.8 Å². The number of furan rings is 1. The summed E-state index contributed by atoms with van der Waals surface area (Å²) < 4.78 is 6.14. The first kappa shape index (κ1) is 12.0. The van der Waals surface area contributed by atoms with Crippen LogP contribution in [0.2, 0.25) is 10.0 Å². The van der Waals surface area contributed by atoms with Gasteiger partial charge in [-0.2, -0.15) is 0 Å². The Labute approximate surface area is 111 Å². The van der Waals surface area contributed by atoms with E-state index in [9.17, 15) is 0 Å². The van der Waals surface area contributed by atoms with Gasteiger partial charge in [0.2, 0.25) is 0 Å². The minimum Gasteiger partial charge on any atom is -0.466 e. The predicted molar refractivity (Wildman–Crippen MR) is 68.9 cm³/mol. The molecule has 2 rings (SSSR count). The van der Waals surface area contributed by atoms with Crippen LogP contribution in [0.5, 0.6) is 0 Å². The summed E-state index contributed by atoms with van der Waals surface area (Å²) in [6, 6.07) is 6.72. The maximum atomic E-state index is 6.06. The van der Waals surface area contributed by atoms with E-state index in [1.54, 1.807) is 24.5 Å². The highest BCUT2D eigenvalue weighted by atomic mass is 79.9. The lowest BCUT2D eigenvalue weighted by atomic mass is 10.1. The second kappa shape index (κ2) is 4.80. The molecule has 1 aromatic heterocycles. The lowest BCUT2D eigenvalue weighted by Crippen LogP contribution is -2.11. The van der Waals surface area contributed by atoms with Gasteiger partial charge in [0.25, 0.3) is 0 Å². The molecule has 0 aliphatic rings. The fourth-order valence-electron chi connectivity index (χ4n) is 1.38. The maximum absolute atomic E-state index is 6.06. The van der Waals surface area contributed by atoms with Gasteiger partial charge < -0.3 is 10.2 Å². The van der Waals surface area contributed by atoms with Crippen LogP contribution < -0.4 is 5.73 Å². The van der Waals surface area contributed by atoms with E-state index in [-0.39, 0.29) is 6.04 Å². The zero-order valence-corrected chi connectivity index (χ0v) is 11.2. The van der Waals surface area contributed by atoms with Gasteiger partial charge in [0, 0.05) is 0 Å². The monoisotopic (exact) mass is 319 g/mol. The SMILES string of the molecule is NC(c1ccc(Cl)c(Cl)c1)c1occc1Br. The van der Waals surface area contributed by atoms with Crippen molar-refractivity contribution in [3.05, 3.63) is 56.4 Å². The van der Waals surface area contributed by atoms with Crippen molar-refractivity contribution in [3.63, 3.8) is 0 Å². The van der Waals surface area contributed by atoms with Crippen LogP contribution in [0.1, 0.15) is 17.4 Å². The van der Waals surface area contributed by atoms with Crippen LogP contribution in [-0.2, 0) is 0 Å². The second-order valence-electron chi connectivity index (χ2n) is 3.28. The highest BCUT2D eigenvalue weighted by Crippen LogP contribution is 2.31. The largest absolute Gasteiger partial charge is 0.466 e. The Morgan fingerprint density at radius 1 is 1.19 bits per heavy atom. The third-order valence-corrected chi connectivity index (χ3v) is 3.62. The summed E-state index contributed by atoms with van der Waals surface area (Å²) in [5.74, 6) is 0.665. The van der Waals surface area contributed by atoms with Crippen molar-refractivity contribution in [1.82, 2.24) is 0 Å². The molecule has 2 aromatic rings. The van der Waals surface area contributed by atoms with Crippen LogP contribution >= 0.6 is 39.1 Å². The molecule has 0 aliphatic heterocycles. The number of rotatable bonds is 2. The number of benzene rings is 1. The second-order valence-corrected chi connectivity index (χ2v) is 4.95. The normalized spacial score (nSPS) is 12.8. The van der Waals surface area contributed by atoms with E-state index in [2.05, 4.69) is 15.9 Å². The van der Waals surface area contributed by atoms with Crippen molar-refractivity contribution in [2.45, 2.75) is 6.04 Å². The Hall–Kier alpha value is -0.480. The Balaban J connectivity index is 2.38. The Morgan fingerprint density at radius 3 is 2.50 bits per heavy atom. The highest BCUT2D eigenvalue weighted by Gasteiger charge is 2.16. The van der Waals surface area contributed by atoms with Gasteiger partial charge in [0.1, 0.15) is 5.76 Å². The summed E-state index contributed by atoms with van der Waals surface area (Å²) in [4.78, 5) is 0. The molecule has 1 aromatic carbocycles. The fraction of sp³-hybridized carbons (Fsp3) is 0.0909. The summed E-state index contributed by atoms with van der Waals surface area (Å²) in [7, 11) is 0. The summed E-state index contributed by atoms with van der Waals surface area (Å²) in [6.07, 6.45) is 1.58. The molecule has 0 fully saturated rings. The summed E-state index contributed by atoms with van der Waals surface area (Å²) in [5.41, 5.74) is 6.91. The molecule has 1 unspecified atom stereocenters. The van der Waals surface area contributed by atoms with Gasteiger partial charge in [-0.05, 0) is 39.7 Å². The molecule has 5 heteroatoms. The van der Waals surface area contributed by atoms with Gasteiger partial charge in [0.15, 0.2) is 0 Å². The molecule has 0 radical (unpaired) electrons. The van der Waals surface area contributed by atoms with Gasteiger partial charge >= 0.3 is 0 Å². The molecule has 2 nitrogen and oxygen atoms in total. The number of nitrogens with two attached hydrogens (primary N) is 1. The van der Waals surface area contributed by atoms with Crippen LogP contribution in [0.15, 0.2) is 39.4 Å². The summed E-state index contributed by atoms with van der Waals surface area (Å²) >= 11 is 15.1. The standard InChI is InChI=1S/C11H8BrCl2NO/c12-7-3-4-16-11(7)10(15)6-1-2-8(13)9(14)5-6/h1-5,10H,15H2. The molecule has 2 N–H and O–H groups in total. The minimum atomic E-state index is -0.362.